The van der Waals surface area contributed by atoms with E-state index in [1.54, 1.807) is 20.3 Å². The first-order valence-corrected chi connectivity index (χ1v) is 8.02. The molecule has 6 heteroatoms. The molecule has 0 radical (unpaired) electrons. The van der Waals surface area contributed by atoms with Gasteiger partial charge in [-0.25, -0.2) is 8.42 Å². The smallest absolute Gasteiger partial charge is 0.243 e. The van der Waals surface area contributed by atoms with Gasteiger partial charge in [0.1, 0.15) is 5.75 Å². The molecule has 5 nitrogen and oxygen atoms in total. The molecule has 1 fully saturated rings. The summed E-state index contributed by atoms with van der Waals surface area (Å²) in [6.07, 6.45) is 0.718. The quantitative estimate of drug-likeness (QED) is 0.849. The molecule has 1 aromatic rings. The second-order valence-electron chi connectivity index (χ2n) is 5.10. The van der Waals surface area contributed by atoms with Crippen LogP contribution in [0.4, 0.5) is 0 Å². The van der Waals surface area contributed by atoms with Gasteiger partial charge in [0.2, 0.25) is 10.0 Å². The number of aryl methyl sites for hydroxylation is 2. The van der Waals surface area contributed by atoms with E-state index in [9.17, 15) is 8.42 Å². The van der Waals surface area contributed by atoms with Gasteiger partial charge >= 0.3 is 0 Å². The molecule has 1 saturated heterocycles. The topological polar surface area (TPSA) is 55.8 Å². The highest BCUT2D eigenvalue weighted by atomic mass is 32.2. The van der Waals surface area contributed by atoms with E-state index in [4.69, 9.17) is 9.47 Å². The number of sulfonamides is 1. The summed E-state index contributed by atoms with van der Waals surface area (Å²) in [5.41, 5.74) is 1.67. The van der Waals surface area contributed by atoms with Crippen molar-refractivity contribution < 1.29 is 17.9 Å². The SMILES string of the molecule is COc1cc(S(=O)(=O)N2CCC(OC)C2)c(C)cc1C. The predicted octanol–water partition coefficient (Wildman–Crippen LogP) is 1.72. The number of hydrogen-bond acceptors (Lipinski definition) is 4. The van der Waals surface area contributed by atoms with E-state index in [1.165, 1.54) is 4.31 Å². The minimum Gasteiger partial charge on any atom is -0.496 e. The molecule has 0 saturated carbocycles. The van der Waals surface area contributed by atoms with Gasteiger partial charge in [-0.15, -0.1) is 0 Å². The van der Waals surface area contributed by atoms with Crippen molar-refractivity contribution in [1.29, 1.82) is 0 Å². The van der Waals surface area contributed by atoms with Gasteiger partial charge in [-0.05, 0) is 31.4 Å². The van der Waals surface area contributed by atoms with Crippen LogP contribution in [0.25, 0.3) is 0 Å². The van der Waals surface area contributed by atoms with Crippen molar-refractivity contribution in [2.24, 2.45) is 0 Å². The van der Waals surface area contributed by atoms with E-state index >= 15 is 0 Å². The highest BCUT2D eigenvalue weighted by Crippen LogP contribution is 2.29. The Labute approximate surface area is 120 Å². The molecule has 0 aliphatic carbocycles. The Balaban J connectivity index is 2.40. The first kappa shape index (κ1) is 15.3. The number of ether oxygens (including phenoxy) is 2. The summed E-state index contributed by atoms with van der Waals surface area (Å²) in [7, 11) is -0.330. The highest BCUT2D eigenvalue weighted by molar-refractivity contribution is 7.89. The summed E-state index contributed by atoms with van der Waals surface area (Å²) in [6.45, 7) is 4.62. The molecule has 1 aliphatic rings. The zero-order valence-electron chi connectivity index (χ0n) is 12.3. The number of rotatable bonds is 4. The Hall–Kier alpha value is -1.11. The average Bonchev–Trinajstić information content (AvgIpc) is 2.88. The summed E-state index contributed by atoms with van der Waals surface area (Å²) in [4.78, 5) is 0.316. The van der Waals surface area contributed by atoms with Gasteiger partial charge < -0.3 is 9.47 Å². The third-order valence-corrected chi connectivity index (χ3v) is 5.76. The first-order chi connectivity index (χ1) is 9.40. The molecular formula is C14H21NO4S. The molecule has 2 rings (SSSR count). The lowest BCUT2D eigenvalue weighted by Gasteiger charge is -2.19. The van der Waals surface area contributed by atoms with Crippen molar-refractivity contribution in [3.63, 3.8) is 0 Å². The van der Waals surface area contributed by atoms with Gasteiger partial charge in [0.25, 0.3) is 0 Å². The van der Waals surface area contributed by atoms with E-state index in [0.717, 1.165) is 17.5 Å². The lowest BCUT2D eigenvalue weighted by Crippen LogP contribution is -2.30. The molecule has 1 atom stereocenters. The van der Waals surface area contributed by atoms with Gasteiger partial charge in [-0.2, -0.15) is 4.31 Å². The lowest BCUT2D eigenvalue weighted by molar-refractivity contribution is 0.115. The van der Waals surface area contributed by atoms with Gasteiger partial charge in [-0.3, -0.25) is 0 Å². The molecule has 0 amide bonds. The summed E-state index contributed by atoms with van der Waals surface area (Å²) >= 11 is 0. The molecule has 0 N–H and O–H groups in total. The largest absolute Gasteiger partial charge is 0.496 e. The molecule has 20 heavy (non-hydrogen) atoms. The zero-order valence-corrected chi connectivity index (χ0v) is 13.2. The summed E-state index contributed by atoms with van der Waals surface area (Å²) in [5.74, 6) is 0.594. The van der Waals surface area contributed by atoms with Crippen LogP contribution in [0.3, 0.4) is 0 Å². The van der Waals surface area contributed by atoms with Crippen molar-refractivity contribution in [3.8, 4) is 5.75 Å². The highest BCUT2D eigenvalue weighted by Gasteiger charge is 2.33. The van der Waals surface area contributed by atoms with Crippen molar-refractivity contribution in [2.45, 2.75) is 31.3 Å². The Kier molecular flexibility index (Phi) is 4.36. The predicted molar refractivity (Wildman–Crippen MR) is 76.6 cm³/mol. The number of methoxy groups -OCH3 is 2. The zero-order chi connectivity index (χ0) is 14.9. The minimum absolute atomic E-state index is 0.0163. The van der Waals surface area contributed by atoms with Crippen molar-refractivity contribution in [1.82, 2.24) is 4.31 Å². The van der Waals surface area contributed by atoms with Gasteiger partial charge in [0, 0.05) is 26.3 Å². The molecule has 1 aliphatic heterocycles. The molecule has 0 aromatic heterocycles. The Morgan fingerprint density at radius 3 is 2.45 bits per heavy atom. The third-order valence-electron chi connectivity index (χ3n) is 3.75. The van der Waals surface area contributed by atoms with Crippen LogP contribution < -0.4 is 4.74 Å². The molecule has 0 bridgehead atoms. The average molecular weight is 299 g/mol. The first-order valence-electron chi connectivity index (χ1n) is 6.58. The molecule has 1 heterocycles. The fourth-order valence-electron chi connectivity index (χ4n) is 2.56. The maximum absolute atomic E-state index is 12.7. The number of hydrogen-bond donors (Lipinski definition) is 0. The van der Waals surface area contributed by atoms with Crippen LogP contribution in [0.1, 0.15) is 17.5 Å². The standard InChI is InChI=1S/C14H21NO4S/c1-10-7-11(2)14(8-13(10)19-4)20(16,17)15-6-5-12(9-15)18-3/h7-8,12H,5-6,9H2,1-4H3. The Morgan fingerprint density at radius 2 is 1.90 bits per heavy atom. The van der Waals surface area contributed by atoms with Crippen LogP contribution in [0.2, 0.25) is 0 Å². The van der Waals surface area contributed by atoms with Crippen molar-refractivity contribution in [3.05, 3.63) is 23.3 Å². The van der Waals surface area contributed by atoms with Crippen molar-refractivity contribution >= 4 is 10.0 Å². The Bertz CT molecular complexity index is 597. The third kappa shape index (κ3) is 2.68. The molecule has 1 unspecified atom stereocenters. The van der Waals surface area contributed by atoms with Crippen LogP contribution in [-0.4, -0.2) is 46.1 Å². The van der Waals surface area contributed by atoms with Crippen LogP contribution in [0.15, 0.2) is 17.0 Å². The molecular weight excluding hydrogens is 278 g/mol. The maximum atomic E-state index is 12.7. The molecule has 112 valence electrons. The van der Waals surface area contributed by atoms with Gasteiger partial charge in [-0.1, -0.05) is 6.07 Å². The fourth-order valence-corrected chi connectivity index (χ4v) is 4.27. The fraction of sp³-hybridized carbons (Fsp3) is 0.571. The normalized spacial score (nSPS) is 20.3. The summed E-state index contributed by atoms with van der Waals surface area (Å²) in [5, 5.41) is 0. The van der Waals surface area contributed by atoms with Gasteiger partial charge in [0.15, 0.2) is 0 Å². The Morgan fingerprint density at radius 1 is 1.20 bits per heavy atom. The van der Waals surface area contributed by atoms with Gasteiger partial charge in [0.05, 0.1) is 18.1 Å². The minimum atomic E-state index is -3.49. The maximum Gasteiger partial charge on any atom is 0.243 e. The van der Waals surface area contributed by atoms with Crippen LogP contribution >= 0.6 is 0 Å². The van der Waals surface area contributed by atoms with Crippen molar-refractivity contribution in [2.75, 3.05) is 27.3 Å². The molecule has 1 aromatic carbocycles. The van der Waals surface area contributed by atoms with E-state index in [2.05, 4.69) is 0 Å². The lowest BCUT2D eigenvalue weighted by atomic mass is 10.1. The molecule has 0 spiro atoms. The second-order valence-corrected chi connectivity index (χ2v) is 7.00. The van der Waals surface area contributed by atoms with Crippen LogP contribution in [0, 0.1) is 13.8 Å². The van der Waals surface area contributed by atoms with E-state index < -0.39 is 10.0 Å². The van der Waals surface area contributed by atoms with Crippen LogP contribution in [-0.2, 0) is 14.8 Å². The monoisotopic (exact) mass is 299 g/mol. The van der Waals surface area contributed by atoms with E-state index in [1.807, 2.05) is 19.9 Å². The second kappa shape index (κ2) is 5.71. The number of nitrogens with zero attached hydrogens (tertiary/aromatic N) is 1. The summed E-state index contributed by atoms with van der Waals surface area (Å²) in [6, 6.07) is 3.45. The van der Waals surface area contributed by atoms with Crippen LogP contribution in [0.5, 0.6) is 5.75 Å². The summed E-state index contributed by atoms with van der Waals surface area (Å²) < 4.78 is 37.4. The van der Waals surface area contributed by atoms with E-state index in [-0.39, 0.29) is 6.10 Å². The van der Waals surface area contributed by atoms with E-state index in [0.29, 0.717) is 23.7 Å². The number of benzene rings is 1.